The van der Waals surface area contributed by atoms with E-state index in [4.69, 9.17) is 8.48 Å². The Bertz CT molecular complexity index is 160. The van der Waals surface area contributed by atoms with Gasteiger partial charge < -0.3 is 10.6 Å². The third kappa shape index (κ3) is 0.864. The lowest BCUT2D eigenvalue weighted by Gasteiger charge is -2.43. The molecular formula is C7H14N2. The number of nitrogens with zero attached hydrogens (tertiary/aromatic N) is 1. The minimum absolute atomic E-state index is 0.259. The molecule has 3 fully saturated rings. The summed E-state index contributed by atoms with van der Waals surface area (Å²) in [4.78, 5) is 2.01. The molecule has 3 rings (SSSR count). The average molecular weight is 130 g/mol. The van der Waals surface area contributed by atoms with Crippen LogP contribution >= 0.6 is 0 Å². The van der Waals surface area contributed by atoms with Crippen molar-refractivity contribution in [3.63, 3.8) is 0 Å². The summed E-state index contributed by atoms with van der Waals surface area (Å²) in [6.45, 7) is 1.45. The van der Waals surface area contributed by atoms with Gasteiger partial charge >= 0.3 is 0 Å². The van der Waals surface area contributed by atoms with Gasteiger partial charge in [0.25, 0.3) is 0 Å². The Morgan fingerprint density at radius 1 is 1.56 bits per heavy atom. The van der Waals surface area contributed by atoms with Gasteiger partial charge in [-0.2, -0.15) is 0 Å². The second-order valence-corrected chi connectivity index (χ2v) is 2.94. The summed E-state index contributed by atoms with van der Waals surface area (Å²) >= 11 is 0. The Hall–Kier alpha value is -0.0800. The molecule has 1 unspecified atom stereocenters. The number of fused-ring (bicyclic) bond motifs is 3. The normalized spacial score (nSPS) is 69.2. The first-order valence-electron chi connectivity index (χ1n) is 4.65. The lowest BCUT2D eigenvalue weighted by molar-refractivity contribution is 0.0896. The minimum atomic E-state index is -1.00. The van der Waals surface area contributed by atoms with Gasteiger partial charge in [0.2, 0.25) is 0 Å². The van der Waals surface area contributed by atoms with Crippen LogP contribution in [-0.2, 0) is 0 Å². The Labute approximate surface area is 58.8 Å². The lowest BCUT2D eigenvalue weighted by Crippen LogP contribution is -2.54. The molecule has 3 heterocycles. The molecule has 2 heteroatoms. The minimum Gasteiger partial charge on any atom is -0.326 e. The summed E-state index contributed by atoms with van der Waals surface area (Å²) in [7, 11) is 0. The molecule has 52 valence electrons. The highest BCUT2D eigenvalue weighted by atomic mass is 15.2. The van der Waals surface area contributed by atoms with Crippen LogP contribution in [0.3, 0.4) is 0 Å². The quantitative estimate of drug-likeness (QED) is 0.501. The molecule has 3 aliphatic rings. The second-order valence-electron chi connectivity index (χ2n) is 2.94. The summed E-state index contributed by atoms with van der Waals surface area (Å²) in [5.74, 6) is 0.259. The van der Waals surface area contributed by atoms with Crippen molar-refractivity contribution in [2.75, 3.05) is 19.6 Å². The van der Waals surface area contributed by atoms with Crippen molar-refractivity contribution in [3.05, 3.63) is 0 Å². The Morgan fingerprint density at radius 3 is 2.56 bits per heavy atom. The van der Waals surface area contributed by atoms with Gasteiger partial charge in [-0.3, -0.25) is 0 Å². The van der Waals surface area contributed by atoms with E-state index in [1.807, 2.05) is 4.90 Å². The zero-order valence-corrected chi connectivity index (χ0v) is 5.51. The largest absolute Gasteiger partial charge is 0.326 e. The molecule has 2 atom stereocenters. The van der Waals surface area contributed by atoms with E-state index in [1.165, 1.54) is 0 Å². The first-order valence-corrected chi connectivity index (χ1v) is 3.57. The van der Waals surface area contributed by atoms with Crippen molar-refractivity contribution in [1.29, 1.82) is 0 Å². The fourth-order valence-electron chi connectivity index (χ4n) is 1.68. The van der Waals surface area contributed by atoms with Gasteiger partial charge in [0.05, 0.1) is 0 Å². The van der Waals surface area contributed by atoms with Crippen molar-refractivity contribution >= 4 is 0 Å². The third-order valence-electron chi connectivity index (χ3n) is 2.33. The lowest BCUT2D eigenvalue weighted by atomic mass is 9.85. The highest BCUT2D eigenvalue weighted by Gasteiger charge is 2.31. The summed E-state index contributed by atoms with van der Waals surface area (Å²) in [5.41, 5.74) is 5.74. The molecule has 0 aromatic heterocycles. The Morgan fingerprint density at radius 2 is 2.22 bits per heavy atom. The van der Waals surface area contributed by atoms with Crippen LogP contribution < -0.4 is 5.73 Å². The molecular weight excluding hydrogens is 112 g/mol. The number of nitrogens with two attached hydrogens (primary N) is 1. The molecule has 3 saturated heterocycles. The van der Waals surface area contributed by atoms with Gasteiger partial charge in [0.1, 0.15) is 0 Å². The molecule has 9 heavy (non-hydrogen) atoms. The number of rotatable bonds is 0. The van der Waals surface area contributed by atoms with Gasteiger partial charge in [-0.25, -0.2) is 0 Å². The SMILES string of the molecule is [3H]C1N2CCC(CC2)[C@@]1([3H])N. The van der Waals surface area contributed by atoms with Gasteiger partial charge in [-0.15, -0.1) is 0 Å². The average Bonchev–Trinajstić information content (AvgIpc) is 2.01. The molecule has 0 aromatic rings. The van der Waals surface area contributed by atoms with Crippen LogP contribution in [0.4, 0.5) is 0 Å². The van der Waals surface area contributed by atoms with E-state index in [1.54, 1.807) is 0 Å². The van der Waals surface area contributed by atoms with Gasteiger partial charge in [-0.1, -0.05) is 0 Å². The van der Waals surface area contributed by atoms with E-state index < -0.39 is 12.5 Å². The zero-order chi connectivity index (χ0) is 8.06. The van der Waals surface area contributed by atoms with Crippen LogP contribution in [0.1, 0.15) is 15.6 Å². The summed E-state index contributed by atoms with van der Waals surface area (Å²) < 4.78 is 15.4. The maximum absolute atomic E-state index is 7.77. The highest BCUT2D eigenvalue weighted by molar-refractivity contribution is 4.88. The van der Waals surface area contributed by atoms with Crippen molar-refractivity contribution < 1.29 is 2.74 Å². The summed E-state index contributed by atoms with van der Waals surface area (Å²) in [6, 6.07) is -1.00. The molecule has 2 N–H and O–H groups in total. The van der Waals surface area contributed by atoms with Crippen LogP contribution in [0.2, 0.25) is 0 Å². The third-order valence-corrected chi connectivity index (χ3v) is 2.33. The first-order chi connectivity index (χ1) is 5.12. The molecule has 0 radical (unpaired) electrons. The Kier molecular flexibility index (Phi) is 0.856. The van der Waals surface area contributed by atoms with Crippen LogP contribution in [0.25, 0.3) is 0 Å². The maximum Gasteiger partial charge on any atom is 0.0479 e. The molecule has 0 spiro atoms. The van der Waals surface area contributed by atoms with E-state index in [2.05, 4.69) is 0 Å². The van der Waals surface area contributed by atoms with E-state index >= 15 is 0 Å². The summed E-state index contributed by atoms with van der Waals surface area (Å²) in [5, 5.41) is 0. The fraction of sp³-hybridized carbons (Fsp3) is 1.00. The Balaban J connectivity index is 2.23. The fourth-order valence-corrected chi connectivity index (χ4v) is 1.68. The summed E-state index contributed by atoms with van der Waals surface area (Å²) in [6.07, 6.45) is 2.02. The number of hydrogen-bond donors (Lipinski definition) is 1. The van der Waals surface area contributed by atoms with Gasteiger partial charge in [0.15, 0.2) is 0 Å². The monoisotopic (exact) mass is 130 g/mol. The molecule has 0 aromatic carbocycles. The van der Waals surface area contributed by atoms with E-state index in [-0.39, 0.29) is 5.92 Å². The van der Waals surface area contributed by atoms with Crippen LogP contribution in [0.5, 0.6) is 0 Å². The first kappa shape index (κ1) is 3.94. The molecule has 3 aliphatic heterocycles. The predicted octanol–water partition coefficient (Wildman–Crippen LogP) is 0.0393. The second kappa shape index (κ2) is 1.96. The van der Waals surface area contributed by atoms with E-state index in [0.29, 0.717) is 0 Å². The number of hydrogen-bond acceptors (Lipinski definition) is 2. The molecule has 2 bridgehead atoms. The molecule has 0 aliphatic carbocycles. The zero-order valence-electron chi connectivity index (χ0n) is 7.51. The van der Waals surface area contributed by atoms with Gasteiger partial charge in [-0.05, 0) is 31.8 Å². The van der Waals surface area contributed by atoms with Crippen molar-refractivity contribution in [2.45, 2.75) is 18.9 Å². The van der Waals surface area contributed by atoms with Crippen molar-refractivity contribution in [2.24, 2.45) is 11.7 Å². The van der Waals surface area contributed by atoms with Crippen LogP contribution in [-0.4, -0.2) is 30.5 Å². The number of piperidine rings is 3. The van der Waals surface area contributed by atoms with Crippen molar-refractivity contribution in [3.8, 4) is 0 Å². The van der Waals surface area contributed by atoms with Gasteiger partial charge in [0, 0.05) is 15.3 Å². The standard InChI is InChI=1S/C7H14N2/c8-7-5-9-3-1-6(7)2-4-9/h6-7H,1-5,8H2/t7-/m0/s1/i5T,7T/t5?,7-. The van der Waals surface area contributed by atoms with E-state index in [0.717, 1.165) is 25.9 Å². The molecule has 0 saturated carbocycles. The van der Waals surface area contributed by atoms with Crippen LogP contribution in [0, 0.1) is 5.92 Å². The maximum atomic E-state index is 7.77. The topological polar surface area (TPSA) is 29.3 Å². The van der Waals surface area contributed by atoms with Crippen molar-refractivity contribution in [1.82, 2.24) is 4.90 Å². The van der Waals surface area contributed by atoms with E-state index in [9.17, 15) is 0 Å². The van der Waals surface area contributed by atoms with Crippen LogP contribution in [0.15, 0.2) is 0 Å². The highest BCUT2D eigenvalue weighted by Crippen LogP contribution is 2.25. The molecule has 2 nitrogen and oxygen atoms in total. The molecule has 0 amide bonds. The smallest absolute Gasteiger partial charge is 0.0479 e. The predicted molar refractivity (Wildman–Crippen MR) is 37.1 cm³/mol.